The van der Waals surface area contributed by atoms with Gasteiger partial charge in [-0.15, -0.1) is 6.58 Å². The fraction of sp³-hybridized carbons (Fsp3) is 0.900. The summed E-state index contributed by atoms with van der Waals surface area (Å²) in [6.45, 7) is 12.6. The molecule has 0 heterocycles. The summed E-state index contributed by atoms with van der Waals surface area (Å²) in [5.74, 6) is 1.01. The van der Waals surface area contributed by atoms with Crippen molar-refractivity contribution in [3.63, 3.8) is 0 Å². The van der Waals surface area contributed by atoms with E-state index in [4.69, 9.17) is 0 Å². The van der Waals surface area contributed by atoms with Crippen LogP contribution < -0.4 is 5.32 Å². The van der Waals surface area contributed by atoms with E-state index in [-0.39, 0.29) is 0 Å². The molecular weight excluding hydrogens is 254 g/mol. The molecule has 4 aliphatic carbocycles. The molecule has 0 radical (unpaired) electrons. The molecule has 1 nitrogen and oxygen atoms in total. The molecule has 4 aliphatic rings. The van der Waals surface area contributed by atoms with Crippen LogP contribution in [0.15, 0.2) is 12.7 Å². The van der Waals surface area contributed by atoms with E-state index in [1.165, 1.54) is 64.3 Å². The first-order valence-corrected chi connectivity index (χ1v) is 9.27. The van der Waals surface area contributed by atoms with Crippen molar-refractivity contribution in [1.82, 2.24) is 5.32 Å². The Hall–Kier alpha value is -0.300. The lowest BCUT2D eigenvalue weighted by atomic mass is 9.39. The molecule has 0 aliphatic heterocycles. The third kappa shape index (κ3) is 2.83. The number of hydrogen-bond donors (Lipinski definition) is 1. The van der Waals surface area contributed by atoms with Gasteiger partial charge in [0.2, 0.25) is 0 Å². The van der Waals surface area contributed by atoms with Crippen LogP contribution in [0.25, 0.3) is 0 Å². The molecule has 0 spiro atoms. The first-order chi connectivity index (χ1) is 9.93. The fourth-order valence-corrected chi connectivity index (χ4v) is 7.15. The number of hydrogen-bond acceptors (Lipinski definition) is 1. The van der Waals surface area contributed by atoms with Gasteiger partial charge in [-0.2, -0.15) is 0 Å². The summed E-state index contributed by atoms with van der Waals surface area (Å²) in [5.41, 5.74) is 1.85. The van der Waals surface area contributed by atoms with E-state index in [1.54, 1.807) is 0 Å². The normalized spacial score (nSPS) is 45.8. The Kier molecular flexibility index (Phi) is 4.01. The van der Waals surface area contributed by atoms with Gasteiger partial charge in [-0.1, -0.05) is 26.8 Å². The molecule has 0 amide bonds. The van der Waals surface area contributed by atoms with Gasteiger partial charge in [0.05, 0.1) is 0 Å². The summed E-state index contributed by atoms with van der Waals surface area (Å²) in [4.78, 5) is 0. The van der Waals surface area contributed by atoms with E-state index in [0.717, 1.165) is 12.0 Å². The van der Waals surface area contributed by atoms with Crippen molar-refractivity contribution in [2.24, 2.45) is 22.2 Å². The Bertz CT molecular complexity index is 381. The van der Waals surface area contributed by atoms with Crippen LogP contribution in [0.4, 0.5) is 0 Å². The number of nitrogens with one attached hydrogen (secondary N) is 1. The Balaban J connectivity index is 1.84. The second-order valence-corrected chi connectivity index (χ2v) is 9.37. The zero-order chi connectivity index (χ0) is 15.1. The molecule has 1 heteroatoms. The first kappa shape index (κ1) is 15.6. The van der Waals surface area contributed by atoms with Crippen LogP contribution in [0.1, 0.15) is 78.6 Å². The molecular formula is C20H35N. The van der Waals surface area contributed by atoms with Crippen molar-refractivity contribution in [3.05, 3.63) is 12.7 Å². The van der Waals surface area contributed by atoms with E-state index >= 15 is 0 Å². The van der Waals surface area contributed by atoms with Crippen LogP contribution >= 0.6 is 0 Å². The maximum atomic E-state index is 3.96. The predicted octanol–water partition coefficient (Wildman–Crippen LogP) is 5.32. The summed E-state index contributed by atoms with van der Waals surface area (Å²) in [6.07, 6.45) is 14.8. The summed E-state index contributed by atoms with van der Waals surface area (Å²) in [7, 11) is 0. The van der Waals surface area contributed by atoms with Gasteiger partial charge < -0.3 is 5.32 Å². The second kappa shape index (κ2) is 5.41. The van der Waals surface area contributed by atoms with Gasteiger partial charge in [-0.3, -0.25) is 0 Å². The standard InChI is InChI=1S/C20H35N/c1-5-7-8-17(21-9-6-2)20-12-16-10-18(3,14-20)13-19(4,11-16)15-20/h5,16-17,21H,1,6-15H2,2-4H3. The number of allylic oxidation sites excluding steroid dienone is 1. The van der Waals surface area contributed by atoms with Gasteiger partial charge in [0, 0.05) is 6.04 Å². The number of rotatable bonds is 7. The highest BCUT2D eigenvalue weighted by Crippen LogP contribution is 2.70. The zero-order valence-corrected chi connectivity index (χ0v) is 14.5. The molecule has 0 saturated heterocycles. The Morgan fingerprint density at radius 3 is 2.33 bits per heavy atom. The molecule has 120 valence electrons. The van der Waals surface area contributed by atoms with Crippen LogP contribution in [0.2, 0.25) is 0 Å². The molecule has 21 heavy (non-hydrogen) atoms. The highest BCUT2D eigenvalue weighted by molar-refractivity contribution is 5.13. The summed E-state index contributed by atoms with van der Waals surface area (Å²) < 4.78 is 0. The largest absolute Gasteiger partial charge is 0.313 e. The van der Waals surface area contributed by atoms with E-state index < -0.39 is 0 Å². The smallest absolute Gasteiger partial charge is 0.0127 e. The van der Waals surface area contributed by atoms with Crippen LogP contribution in [0.5, 0.6) is 0 Å². The highest BCUT2D eigenvalue weighted by Gasteiger charge is 2.61. The van der Waals surface area contributed by atoms with Crippen LogP contribution in [0.3, 0.4) is 0 Å². The summed E-state index contributed by atoms with van der Waals surface area (Å²) >= 11 is 0. The minimum absolute atomic E-state index is 0.584. The first-order valence-electron chi connectivity index (χ1n) is 9.27. The SMILES string of the molecule is C=CCCC(NCCC)C12CC3CC(C)(CC(C)(C3)C1)C2. The van der Waals surface area contributed by atoms with Crippen LogP contribution in [0, 0.1) is 22.2 Å². The van der Waals surface area contributed by atoms with Gasteiger partial charge in [0.15, 0.2) is 0 Å². The molecule has 4 rings (SSSR count). The molecule has 0 aromatic carbocycles. The Morgan fingerprint density at radius 2 is 1.81 bits per heavy atom. The van der Waals surface area contributed by atoms with Crippen LogP contribution in [-0.2, 0) is 0 Å². The third-order valence-corrected chi connectivity index (χ3v) is 6.71. The van der Waals surface area contributed by atoms with E-state index in [9.17, 15) is 0 Å². The van der Waals surface area contributed by atoms with Gasteiger partial charge >= 0.3 is 0 Å². The molecule has 3 unspecified atom stereocenters. The molecule has 4 saturated carbocycles. The summed E-state index contributed by atoms with van der Waals surface area (Å²) in [6, 6.07) is 0.720. The molecule has 1 N–H and O–H groups in total. The molecule has 4 fully saturated rings. The molecule has 0 aromatic rings. The molecule has 4 bridgehead atoms. The fourth-order valence-electron chi connectivity index (χ4n) is 7.15. The van der Waals surface area contributed by atoms with E-state index in [0.29, 0.717) is 16.2 Å². The average Bonchev–Trinajstić information content (AvgIpc) is 2.34. The van der Waals surface area contributed by atoms with Gasteiger partial charge in [0.1, 0.15) is 0 Å². The minimum atomic E-state index is 0.584. The van der Waals surface area contributed by atoms with Gasteiger partial charge in [-0.25, -0.2) is 0 Å². The van der Waals surface area contributed by atoms with Gasteiger partial charge in [-0.05, 0) is 86.5 Å². The lowest BCUT2D eigenvalue weighted by Crippen LogP contribution is -2.61. The quantitative estimate of drug-likeness (QED) is 0.626. The maximum absolute atomic E-state index is 3.96. The monoisotopic (exact) mass is 289 g/mol. The second-order valence-electron chi connectivity index (χ2n) is 9.37. The van der Waals surface area contributed by atoms with Crippen LogP contribution in [-0.4, -0.2) is 12.6 Å². The average molecular weight is 290 g/mol. The van der Waals surface area contributed by atoms with Gasteiger partial charge in [0.25, 0.3) is 0 Å². The highest BCUT2D eigenvalue weighted by atomic mass is 14.9. The van der Waals surface area contributed by atoms with Crippen molar-refractivity contribution in [3.8, 4) is 0 Å². The van der Waals surface area contributed by atoms with E-state index in [2.05, 4.69) is 38.7 Å². The van der Waals surface area contributed by atoms with Crippen molar-refractivity contribution >= 4 is 0 Å². The molecule has 0 aromatic heterocycles. The zero-order valence-electron chi connectivity index (χ0n) is 14.5. The predicted molar refractivity (Wildman–Crippen MR) is 91.4 cm³/mol. The van der Waals surface area contributed by atoms with Crippen molar-refractivity contribution in [1.29, 1.82) is 0 Å². The lowest BCUT2D eigenvalue weighted by molar-refractivity contribution is -0.158. The topological polar surface area (TPSA) is 12.0 Å². The Morgan fingerprint density at radius 1 is 1.14 bits per heavy atom. The lowest BCUT2D eigenvalue weighted by Gasteiger charge is -2.67. The van der Waals surface area contributed by atoms with Crippen molar-refractivity contribution < 1.29 is 0 Å². The third-order valence-electron chi connectivity index (χ3n) is 6.71. The van der Waals surface area contributed by atoms with Crippen molar-refractivity contribution in [2.45, 2.75) is 84.6 Å². The summed E-state index contributed by atoms with van der Waals surface area (Å²) in [5, 5.41) is 3.95. The molecule has 3 atom stereocenters. The van der Waals surface area contributed by atoms with Crippen molar-refractivity contribution in [2.75, 3.05) is 6.54 Å². The Labute approximate surface area is 132 Å². The minimum Gasteiger partial charge on any atom is -0.313 e. The maximum Gasteiger partial charge on any atom is 0.0127 e. The van der Waals surface area contributed by atoms with E-state index in [1.807, 2.05) is 0 Å².